The van der Waals surface area contributed by atoms with Gasteiger partial charge in [0.25, 0.3) is 0 Å². The van der Waals surface area contributed by atoms with Crippen LogP contribution in [0, 0.1) is 0 Å². The van der Waals surface area contributed by atoms with Crippen molar-refractivity contribution in [3.8, 4) is 0 Å². The van der Waals surface area contributed by atoms with Crippen molar-refractivity contribution in [2.75, 3.05) is 6.54 Å². The molecule has 0 bridgehead atoms. The zero-order valence-electron chi connectivity index (χ0n) is 9.34. The molecule has 0 saturated carbocycles. The summed E-state index contributed by atoms with van der Waals surface area (Å²) in [5.41, 5.74) is 2.42. The summed E-state index contributed by atoms with van der Waals surface area (Å²) in [5, 5.41) is 4.60. The first-order chi connectivity index (χ1) is 7.45. The first-order valence-corrected chi connectivity index (χ1v) is 5.65. The molecular formula is C13H17NO. The number of nitrogens with one attached hydrogen (secondary N) is 1. The second kappa shape index (κ2) is 4.49. The maximum absolute atomic E-state index is 5.73. The molecule has 15 heavy (non-hydrogen) atoms. The van der Waals surface area contributed by atoms with Crippen molar-refractivity contribution in [1.29, 1.82) is 0 Å². The van der Waals surface area contributed by atoms with E-state index in [2.05, 4.69) is 17.4 Å². The quantitative estimate of drug-likeness (QED) is 0.711. The zero-order chi connectivity index (χ0) is 10.7. The number of para-hydroxylation sites is 1. The van der Waals surface area contributed by atoms with E-state index < -0.39 is 0 Å². The van der Waals surface area contributed by atoms with Gasteiger partial charge in [-0.3, -0.25) is 0 Å². The van der Waals surface area contributed by atoms with E-state index in [9.17, 15) is 0 Å². The van der Waals surface area contributed by atoms with Crippen molar-refractivity contribution in [3.05, 3.63) is 35.6 Å². The average Bonchev–Trinajstić information content (AvgIpc) is 2.70. The summed E-state index contributed by atoms with van der Waals surface area (Å²) in [7, 11) is 0. The summed E-state index contributed by atoms with van der Waals surface area (Å²) in [6.45, 7) is 5.94. The minimum atomic E-state index is 0.879. The van der Waals surface area contributed by atoms with Gasteiger partial charge in [-0.05, 0) is 19.0 Å². The molecule has 2 nitrogen and oxygen atoms in total. The first-order valence-electron chi connectivity index (χ1n) is 5.65. The van der Waals surface area contributed by atoms with Gasteiger partial charge in [0.05, 0.1) is 6.54 Å². The highest BCUT2D eigenvalue weighted by atomic mass is 16.3. The number of fused-ring (bicyclic) bond motifs is 3. The van der Waals surface area contributed by atoms with Gasteiger partial charge in [0.1, 0.15) is 11.3 Å². The fraction of sp³-hybridized carbons (Fsp3) is 0.385. The number of hydrogen-bond donors (Lipinski definition) is 1. The van der Waals surface area contributed by atoms with Gasteiger partial charge in [0.2, 0.25) is 0 Å². The lowest BCUT2D eigenvalue weighted by Gasteiger charge is -2.10. The Morgan fingerprint density at radius 3 is 2.87 bits per heavy atom. The Kier molecular flexibility index (Phi) is 3.07. The Morgan fingerprint density at radius 2 is 2.00 bits per heavy atom. The second-order valence-corrected chi connectivity index (χ2v) is 3.43. The highest BCUT2D eigenvalue weighted by Gasteiger charge is 2.16. The molecule has 3 rings (SSSR count). The Morgan fingerprint density at radius 1 is 1.20 bits per heavy atom. The minimum absolute atomic E-state index is 0.879. The van der Waals surface area contributed by atoms with E-state index in [4.69, 9.17) is 4.42 Å². The lowest BCUT2D eigenvalue weighted by Crippen LogP contribution is -2.22. The normalized spacial score (nSPS) is 14.3. The van der Waals surface area contributed by atoms with E-state index in [1.807, 2.05) is 26.0 Å². The molecule has 1 aromatic carbocycles. The van der Waals surface area contributed by atoms with Gasteiger partial charge in [-0.2, -0.15) is 0 Å². The van der Waals surface area contributed by atoms with Crippen LogP contribution in [0.1, 0.15) is 25.2 Å². The molecule has 0 radical (unpaired) electrons. The molecule has 0 saturated heterocycles. The molecule has 0 amide bonds. The van der Waals surface area contributed by atoms with Gasteiger partial charge in [-0.25, -0.2) is 0 Å². The van der Waals surface area contributed by atoms with Crippen molar-refractivity contribution < 1.29 is 4.42 Å². The van der Waals surface area contributed by atoms with E-state index in [0.717, 1.165) is 30.9 Å². The molecule has 1 aliphatic rings. The molecule has 1 aliphatic heterocycles. The third-order valence-corrected chi connectivity index (χ3v) is 2.62. The maximum atomic E-state index is 5.73. The molecule has 0 atom stereocenters. The second-order valence-electron chi connectivity index (χ2n) is 3.43. The van der Waals surface area contributed by atoms with Gasteiger partial charge in [-0.15, -0.1) is 0 Å². The topological polar surface area (TPSA) is 25.2 Å². The summed E-state index contributed by atoms with van der Waals surface area (Å²) in [6, 6.07) is 8.27. The van der Waals surface area contributed by atoms with Crippen LogP contribution < -0.4 is 5.32 Å². The highest BCUT2D eigenvalue weighted by molar-refractivity contribution is 5.82. The largest absolute Gasteiger partial charge is 0.459 e. The Bertz CT molecular complexity index is 445. The van der Waals surface area contributed by atoms with Crippen LogP contribution in [0.5, 0.6) is 0 Å². The van der Waals surface area contributed by atoms with Crippen LogP contribution in [0.3, 0.4) is 0 Å². The molecule has 1 N–H and O–H groups in total. The van der Waals surface area contributed by atoms with Crippen LogP contribution in [0.25, 0.3) is 11.0 Å². The van der Waals surface area contributed by atoms with Crippen LogP contribution in [0.4, 0.5) is 0 Å². The fourth-order valence-corrected chi connectivity index (χ4v) is 1.98. The van der Waals surface area contributed by atoms with Gasteiger partial charge in [0.15, 0.2) is 0 Å². The smallest absolute Gasteiger partial charge is 0.134 e. The van der Waals surface area contributed by atoms with Crippen LogP contribution in [-0.2, 0) is 13.0 Å². The standard InChI is InChI=1S/C11H11NO.C2H6/c1-2-4-10-8(3-1)9-5-6-12-7-11(9)13-10;1-2/h1-4,12H,5-7H2;1-2H3. The monoisotopic (exact) mass is 203 g/mol. The highest BCUT2D eigenvalue weighted by Crippen LogP contribution is 2.27. The molecule has 2 aromatic rings. The van der Waals surface area contributed by atoms with Crippen LogP contribution in [-0.4, -0.2) is 6.54 Å². The number of rotatable bonds is 0. The van der Waals surface area contributed by atoms with E-state index in [1.165, 1.54) is 10.9 Å². The fourth-order valence-electron chi connectivity index (χ4n) is 1.98. The van der Waals surface area contributed by atoms with Gasteiger partial charge in [0, 0.05) is 10.9 Å². The van der Waals surface area contributed by atoms with Crippen LogP contribution >= 0.6 is 0 Å². The molecular weight excluding hydrogens is 186 g/mol. The summed E-state index contributed by atoms with van der Waals surface area (Å²) >= 11 is 0. The van der Waals surface area contributed by atoms with E-state index >= 15 is 0 Å². The van der Waals surface area contributed by atoms with Gasteiger partial charge >= 0.3 is 0 Å². The third-order valence-electron chi connectivity index (χ3n) is 2.62. The zero-order valence-corrected chi connectivity index (χ0v) is 9.34. The van der Waals surface area contributed by atoms with Gasteiger partial charge in [-0.1, -0.05) is 32.0 Å². The van der Waals surface area contributed by atoms with Gasteiger partial charge < -0.3 is 9.73 Å². The van der Waals surface area contributed by atoms with Crippen molar-refractivity contribution in [1.82, 2.24) is 5.32 Å². The average molecular weight is 203 g/mol. The predicted octanol–water partition coefficient (Wildman–Crippen LogP) is 3.10. The number of furan rings is 1. The van der Waals surface area contributed by atoms with Crippen molar-refractivity contribution in [2.24, 2.45) is 0 Å². The van der Waals surface area contributed by atoms with E-state index in [-0.39, 0.29) is 0 Å². The molecule has 0 unspecified atom stereocenters. The Balaban J connectivity index is 0.000000404. The summed E-state index contributed by atoms with van der Waals surface area (Å²) in [5.74, 6) is 1.12. The molecule has 0 aliphatic carbocycles. The SMILES string of the molecule is CC.c1ccc2c3c(oc2c1)CNCC3. The Hall–Kier alpha value is -1.28. The van der Waals surface area contributed by atoms with E-state index in [1.54, 1.807) is 0 Å². The van der Waals surface area contributed by atoms with Crippen molar-refractivity contribution in [2.45, 2.75) is 26.8 Å². The lowest BCUT2D eigenvalue weighted by atomic mass is 10.1. The predicted molar refractivity (Wildman–Crippen MR) is 63.0 cm³/mol. The molecule has 0 spiro atoms. The maximum Gasteiger partial charge on any atom is 0.134 e. The van der Waals surface area contributed by atoms with E-state index in [0.29, 0.717) is 0 Å². The third kappa shape index (κ3) is 1.77. The molecule has 80 valence electrons. The van der Waals surface area contributed by atoms with Crippen molar-refractivity contribution >= 4 is 11.0 Å². The molecule has 0 fully saturated rings. The summed E-state index contributed by atoms with van der Waals surface area (Å²) in [4.78, 5) is 0. The van der Waals surface area contributed by atoms with Crippen LogP contribution in [0.15, 0.2) is 28.7 Å². The number of benzene rings is 1. The summed E-state index contributed by atoms with van der Waals surface area (Å²) < 4.78 is 5.73. The molecule has 2 heteroatoms. The number of hydrogen-bond acceptors (Lipinski definition) is 2. The Labute approximate surface area is 90.3 Å². The van der Waals surface area contributed by atoms with Crippen LogP contribution in [0.2, 0.25) is 0 Å². The minimum Gasteiger partial charge on any atom is -0.459 e. The lowest BCUT2D eigenvalue weighted by molar-refractivity contribution is 0.488. The molecule has 2 heterocycles. The summed E-state index contributed by atoms with van der Waals surface area (Å²) in [6.07, 6.45) is 1.09. The van der Waals surface area contributed by atoms with Crippen molar-refractivity contribution in [3.63, 3.8) is 0 Å². The first kappa shape index (κ1) is 10.2. The molecule has 1 aromatic heterocycles.